The summed E-state index contributed by atoms with van der Waals surface area (Å²) >= 11 is 0. The highest BCUT2D eigenvalue weighted by Crippen LogP contribution is 2.20. The summed E-state index contributed by atoms with van der Waals surface area (Å²) in [7, 11) is 0. The number of nitrogens with zero attached hydrogens (tertiary/aromatic N) is 2. The first-order chi connectivity index (χ1) is 12.5. The summed E-state index contributed by atoms with van der Waals surface area (Å²) in [5, 5.41) is 2.25. The maximum Gasteiger partial charge on any atom is 0.322 e. The van der Waals surface area contributed by atoms with E-state index in [4.69, 9.17) is 0 Å². The highest BCUT2D eigenvalue weighted by molar-refractivity contribution is 5.89. The van der Waals surface area contributed by atoms with Gasteiger partial charge in [-0.15, -0.1) is 0 Å². The molecule has 1 fully saturated rings. The second-order valence-corrected chi connectivity index (χ2v) is 6.01. The molecule has 0 atom stereocenters. The summed E-state index contributed by atoms with van der Waals surface area (Å²) in [6.07, 6.45) is 0. The molecule has 0 unspecified atom stereocenters. The molecule has 1 aliphatic rings. The molecule has 2 aromatic rings. The fraction of sp³-hybridized carbons (Fsp3) is 0.278. The minimum atomic E-state index is -1.63. The van der Waals surface area contributed by atoms with Gasteiger partial charge in [0.1, 0.15) is 5.82 Å². The van der Waals surface area contributed by atoms with E-state index in [-0.39, 0.29) is 5.82 Å². The molecule has 1 N–H and O–H groups in total. The van der Waals surface area contributed by atoms with E-state index in [2.05, 4.69) is 5.32 Å². The molecule has 0 bridgehead atoms. The molecule has 8 heteroatoms. The first-order valence-electron chi connectivity index (χ1n) is 8.11. The van der Waals surface area contributed by atoms with Crippen molar-refractivity contribution >= 4 is 11.7 Å². The molecule has 2 aromatic carbocycles. The van der Waals surface area contributed by atoms with E-state index >= 15 is 0 Å². The van der Waals surface area contributed by atoms with E-state index in [1.54, 1.807) is 18.2 Å². The fourth-order valence-electron chi connectivity index (χ4n) is 2.79. The third-order valence-electron chi connectivity index (χ3n) is 4.29. The lowest BCUT2D eigenvalue weighted by molar-refractivity contribution is 0.142. The number of rotatable bonds is 3. The lowest BCUT2D eigenvalue weighted by atomic mass is 10.2. The van der Waals surface area contributed by atoms with Crippen LogP contribution >= 0.6 is 0 Å². The van der Waals surface area contributed by atoms with Crippen molar-refractivity contribution in [2.45, 2.75) is 6.54 Å². The van der Waals surface area contributed by atoms with Crippen LogP contribution in [-0.4, -0.2) is 42.0 Å². The van der Waals surface area contributed by atoms with Crippen molar-refractivity contribution in [3.63, 3.8) is 0 Å². The van der Waals surface area contributed by atoms with Crippen LogP contribution in [-0.2, 0) is 6.54 Å². The molecule has 2 amide bonds. The van der Waals surface area contributed by atoms with Crippen LogP contribution in [0.5, 0.6) is 0 Å². The van der Waals surface area contributed by atoms with Gasteiger partial charge in [0.2, 0.25) is 0 Å². The molecule has 1 heterocycles. The number of halogens is 4. The summed E-state index contributed by atoms with van der Waals surface area (Å²) in [5.41, 5.74) is 0.164. The van der Waals surface area contributed by atoms with E-state index in [0.29, 0.717) is 38.3 Å². The molecule has 1 aliphatic heterocycles. The zero-order valence-corrected chi connectivity index (χ0v) is 13.8. The Hall–Kier alpha value is -2.61. The van der Waals surface area contributed by atoms with Crippen molar-refractivity contribution in [1.82, 2.24) is 9.80 Å². The highest BCUT2D eigenvalue weighted by atomic mass is 19.2. The van der Waals surface area contributed by atoms with Gasteiger partial charge in [0, 0.05) is 38.3 Å². The monoisotopic (exact) mass is 367 g/mol. The van der Waals surface area contributed by atoms with Gasteiger partial charge < -0.3 is 10.2 Å². The topological polar surface area (TPSA) is 35.6 Å². The van der Waals surface area contributed by atoms with Crippen molar-refractivity contribution in [2.75, 3.05) is 31.5 Å². The normalized spacial score (nSPS) is 15.2. The molecule has 0 aliphatic carbocycles. The summed E-state index contributed by atoms with van der Waals surface area (Å²) < 4.78 is 53.5. The number of urea groups is 1. The number of carbonyl (C=O) groups excluding carboxylic acids is 1. The van der Waals surface area contributed by atoms with Gasteiger partial charge in [-0.3, -0.25) is 4.90 Å². The van der Waals surface area contributed by atoms with E-state index in [1.165, 1.54) is 11.0 Å². The van der Waals surface area contributed by atoms with Crippen LogP contribution < -0.4 is 5.32 Å². The Morgan fingerprint density at radius 1 is 0.885 bits per heavy atom. The number of hydrogen-bond acceptors (Lipinski definition) is 2. The predicted molar refractivity (Wildman–Crippen MR) is 88.6 cm³/mol. The van der Waals surface area contributed by atoms with Crippen LogP contribution in [0.2, 0.25) is 0 Å². The molecule has 4 nitrogen and oxygen atoms in total. The molecular weight excluding hydrogens is 350 g/mol. The molecule has 1 saturated heterocycles. The Kier molecular flexibility index (Phi) is 5.41. The van der Waals surface area contributed by atoms with E-state index in [9.17, 15) is 22.4 Å². The smallest absolute Gasteiger partial charge is 0.322 e. The predicted octanol–water partition coefficient (Wildman–Crippen LogP) is 3.59. The van der Waals surface area contributed by atoms with Crippen molar-refractivity contribution in [1.29, 1.82) is 0 Å². The molecule has 0 radical (unpaired) electrons. The third-order valence-corrected chi connectivity index (χ3v) is 4.29. The van der Waals surface area contributed by atoms with Crippen LogP contribution in [0, 0.1) is 23.3 Å². The summed E-state index contributed by atoms with van der Waals surface area (Å²) in [6.45, 7) is 2.17. The van der Waals surface area contributed by atoms with Crippen molar-refractivity contribution < 1.29 is 22.4 Å². The first-order valence-corrected chi connectivity index (χ1v) is 8.11. The average Bonchev–Trinajstić information content (AvgIpc) is 2.64. The lowest BCUT2D eigenvalue weighted by Crippen LogP contribution is -2.49. The largest absolute Gasteiger partial charge is 0.322 e. The number of hydrogen-bond donors (Lipinski definition) is 1. The number of piperazine rings is 1. The molecule has 26 heavy (non-hydrogen) atoms. The standard InChI is InChI=1S/C18H17F4N3O/c19-13-4-2-1-3-12(13)11-24-7-9-25(10-8-24)18(26)23-15-6-5-14(20)16(21)17(15)22/h1-6H,7-11H2,(H,23,26). The molecule has 0 saturated carbocycles. The summed E-state index contributed by atoms with van der Waals surface area (Å²) in [6, 6.07) is 7.62. The Balaban J connectivity index is 1.55. The number of benzene rings is 2. The lowest BCUT2D eigenvalue weighted by Gasteiger charge is -2.34. The second-order valence-electron chi connectivity index (χ2n) is 6.01. The van der Waals surface area contributed by atoms with Crippen molar-refractivity contribution in [2.24, 2.45) is 0 Å². The van der Waals surface area contributed by atoms with Crippen LogP contribution in [0.3, 0.4) is 0 Å². The Morgan fingerprint density at radius 2 is 1.58 bits per heavy atom. The van der Waals surface area contributed by atoms with Gasteiger partial charge in [-0.25, -0.2) is 22.4 Å². The number of carbonyl (C=O) groups is 1. The van der Waals surface area contributed by atoms with Gasteiger partial charge in [-0.05, 0) is 18.2 Å². The van der Waals surface area contributed by atoms with Gasteiger partial charge in [0.05, 0.1) is 5.69 Å². The van der Waals surface area contributed by atoms with Crippen molar-refractivity contribution in [3.8, 4) is 0 Å². The van der Waals surface area contributed by atoms with Crippen LogP contribution in [0.1, 0.15) is 5.56 Å². The minimum absolute atomic E-state index is 0.276. The minimum Gasteiger partial charge on any atom is -0.322 e. The number of amides is 2. The maximum atomic E-state index is 13.7. The Labute approximate surface area is 148 Å². The highest BCUT2D eigenvalue weighted by Gasteiger charge is 2.23. The quantitative estimate of drug-likeness (QED) is 0.665. The van der Waals surface area contributed by atoms with E-state index < -0.39 is 29.2 Å². The van der Waals surface area contributed by atoms with Crippen LogP contribution in [0.4, 0.5) is 28.0 Å². The summed E-state index contributed by atoms with van der Waals surface area (Å²) in [5.74, 6) is -4.65. The van der Waals surface area contributed by atoms with E-state index in [0.717, 1.165) is 12.1 Å². The zero-order chi connectivity index (χ0) is 18.7. The molecule has 0 aromatic heterocycles. The Bertz CT molecular complexity index is 807. The third kappa shape index (κ3) is 3.96. The number of nitrogens with one attached hydrogen (secondary N) is 1. The maximum absolute atomic E-state index is 13.7. The molecule has 138 valence electrons. The van der Waals surface area contributed by atoms with Gasteiger partial charge in [0.15, 0.2) is 17.5 Å². The van der Waals surface area contributed by atoms with Crippen LogP contribution in [0.15, 0.2) is 36.4 Å². The second kappa shape index (κ2) is 7.74. The van der Waals surface area contributed by atoms with Gasteiger partial charge in [-0.2, -0.15) is 0 Å². The van der Waals surface area contributed by atoms with Gasteiger partial charge in [0.25, 0.3) is 0 Å². The molecule has 0 spiro atoms. The Morgan fingerprint density at radius 3 is 2.27 bits per heavy atom. The first kappa shape index (κ1) is 18.2. The average molecular weight is 367 g/mol. The summed E-state index contributed by atoms with van der Waals surface area (Å²) in [4.78, 5) is 15.6. The number of anilines is 1. The SMILES string of the molecule is O=C(Nc1ccc(F)c(F)c1F)N1CCN(Cc2ccccc2F)CC1. The van der Waals surface area contributed by atoms with Gasteiger partial charge >= 0.3 is 6.03 Å². The van der Waals surface area contributed by atoms with Crippen LogP contribution in [0.25, 0.3) is 0 Å². The molecule has 3 rings (SSSR count). The zero-order valence-electron chi connectivity index (χ0n) is 13.8. The van der Waals surface area contributed by atoms with E-state index in [1.807, 2.05) is 4.90 Å². The van der Waals surface area contributed by atoms with Gasteiger partial charge in [-0.1, -0.05) is 18.2 Å². The van der Waals surface area contributed by atoms with Crippen molar-refractivity contribution in [3.05, 3.63) is 65.2 Å². The molecular formula is C18H17F4N3O. The fourth-order valence-corrected chi connectivity index (χ4v) is 2.79.